The molecule has 1 fully saturated rings. The molecule has 2 N–H and O–H groups in total. The maximum Gasteiger partial charge on any atom is 0.337 e. The van der Waals surface area contributed by atoms with Gasteiger partial charge in [0.15, 0.2) is 0 Å². The van der Waals surface area contributed by atoms with E-state index in [9.17, 15) is 9.90 Å². The number of hydrogen-bond acceptors (Lipinski definition) is 5. The molecule has 3 aromatic rings. The van der Waals surface area contributed by atoms with E-state index in [2.05, 4.69) is 76.7 Å². The fourth-order valence-corrected chi connectivity index (χ4v) is 5.04. The molecule has 182 valence electrons. The molecule has 35 heavy (non-hydrogen) atoms. The lowest BCUT2D eigenvalue weighted by Crippen LogP contribution is -2.36. The Hall–Kier alpha value is -3.38. The zero-order chi connectivity index (χ0) is 24.4. The first-order chi connectivity index (χ1) is 17.0. The van der Waals surface area contributed by atoms with Gasteiger partial charge >= 0.3 is 5.97 Å². The van der Waals surface area contributed by atoms with Gasteiger partial charge in [-0.2, -0.15) is 0 Å². The molecule has 0 saturated heterocycles. The fourth-order valence-electron chi connectivity index (χ4n) is 5.04. The first-order valence-corrected chi connectivity index (χ1v) is 12.6. The van der Waals surface area contributed by atoms with E-state index in [1.807, 2.05) is 0 Å². The zero-order valence-corrected chi connectivity index (χ0v) is 20.6. The van der Waals surface area contributed by atoms with Crippen molar-refractivity contribution in [3.8, 4) is 0 Å². The Bertz CT molecular complexity index is 1190. The summed E-state index contributed by atoms with van der Waals surface area (Å²) in [5.74, 6) is 0.0189. The molecule has 1 aliphatic heterocycles. The van der Waals surface area contributed by atoms with E-state index >= 15 is 0 Å². The third-order valence-corrected chi connectivity index (χ3v) is 7.54. The van der Waals surface area contributed by atoms with Crippen LogP contribution in [0, 0.1) is 5.92 Å². The van der Waals surface area contributed by atoms with Gasteiger partial charge in [-0.1, -0.05) is 31.0 Å². The van der Waals surface area contributed by atoms with Crippen LogP contribution in [0.2, 0.25) is 0 Å². The Morgan fingerprint density at radius 2 is 1.91 bits per heavy atom. The summed E-state index contributed by atoms with van der Waals surface area (Å²) in [6, 6.07) is 17.4. The molecule has 6 nitrogen and oxygen atoms in total. The van der Waals surface area contributed by atoms with E-state index in [1.165, 1.54) is 66.0 Å². The van der Waals surface area contributed by atoms with Crippen molar-refractivity contribution in [2.45, 2.75) is 38.1 Å². The van der Waals surface area contributed by atoms with Gasteiger partial charge in [0.1, 0.15) is 0 Å². The van der Waals surface area contributed by atoms with E-state index < -0.39 is 5.97 Å². The van der Waals surface area contributed by atoms with E-state index in [1.54, 1.807) is 6.20 Å². The normalized spacial score (nSPS) is 17.6. The second kappa shape index (κ2) is 10.1. The monoisotopic (exact) mass is 470 g/mol. The van der Waals surface area contributed by atoms with Gasteiger partial charge in [0, 0.05) is 37.7 Å². The molecule has 2 aliphatic rings. The van der Waals surface area contributed by atoms with E-state index in [0.29, 0.717) is 12.2 Å². The van der Waals surface area contributed by atoms with Crippen LogP contribution < -0.4 is 10.2 Å². The highest BCUT2D eigenvalue weighted by molar-refractivity contribution is 5.93. The summed E-state index contributed by atoms with van der Waals surface area (Å²) in [5, 5.41) is 12.8. The molecule has 5 rings (SSSR count). The second-order valence-electron chi connectivity index (χ2n) is 9.94. The predicted molar refractivity (Wildman–Crippen MR) is 141 cm³/mol. The van der Waals surface area contributed by atoms with Gasteiger partial charge in [-0.15, -0.1) is 0 Å². The Labute approximate surface area is 207 Å². The minimum Gasteiger partial charge on any atom is -0.478 e. The van der Waals surface area contributed by atoms with Gasteiger partial charge in [0.05, 0.1) is 23.5 Å². The largest absolute Gasteiger partial charge is 0.478 e. The van der Waals surface area contributed by atoms with E-state index in [-0.39, 0.29) is 11.6 Å². The first-order valence-electron chi connectivity index (χ1n) is 12.6. The van der Waals surface area contributed by atoms with Crippen LogP contribution in [0.4, 0.5) is 17.1 Å². The summed E-state index contributed by atoms with van der Waals surface area (Å²) in [4.78, 5) is 20.2. The summed E-state index contributed by atoms with van der Waals surface area (Å²) in [6.07, 6.45) is 9.43. The van der Waals surface area contributed by atoms with Crippen molar-refractivity contribution >= 4 is 23.0 Å². The van der Waals surface area contributed by atoms with Crippen molar-refractivity contribution in [1.29, 1.82) is 0 Å². The number of carbonyl (C=O) groups is 1. The molecule has 6 heteroatoms. The summed E-state index contributed by atoms with van der Waals surface area (Å²) >= 11 is 0. The average molecular weight is 471 g/mol. The third-order valence-electron chi connectivity index (χ3n) is 7.54. The van der Waals surface area contributed by atoms with Crippen LogP contribution in [-0.4, -0.2) is 48.1 Å². The molecule has 1 aliphatic carbocycles. The molecule has 0 spiro atoms. The predicted octanol–water partition coefficient (Wildman–Crippen LogP) is 5.53. The topological polar surface area (TPSA) is 68.7 Å². The highest BCUT2D eigenvalue weighted by atomic mass is 16.4. The van der Waals surface area contributed by atoms with Gasteiger partial charge in [-0.25, -0.2) is 4.79 Å². The Kier molecular flexibility index (Phi) is 6.73. The van der Waals surface area contributed by atoms with E-state index in [4.69, 9.17) is 0 Å². The minimum absolute atomic E-state index is 0.158. The quantitative estimate of drug-likeness (QED) is 0.428. The van der Waals surface area contributed by atoms with Crippen molar-refractivity contribution in [3.05, 3.63) is 83.2 Å². The average Bonchev–Trinajstić information content (AvgIpc) is 3.71. The number of aryl methyl sites for hydroxylation is 1. The van der Waals surface area contributed by atoms with Crippen LogP contribution in [0.5, 0.6) is 0 Å². The van der Waals surface area contributed by atoms with E-state index in [0.717, 1.165) is 18.9 Å². The van der Waals surface area contributed by atoms with Gasteiger partial charge in [0.25, 0.3) is 0 Å². The highest BCUT2D eigenvalue weighted by Crippen LogP contribution is 2.35. The van der Waals surface area contributed by atoms with Crippen LogP contribution in [0.15, 0.2) is 60.9 Å². The number of hydrogen-bond donors (Lipinski definition) is 2. The fraction of sp³-hybridized carbons (Fsp3) is 0.379. The van der Waals surface area contributed by atoms with Crippen molar-refractivity contribution < 1.29 is 9.90 Å². The summed E-state index contributed by atoms with van der Waals surface area (Å²) in [7, 11) is 4.26. The number of pyridine rings is 1. The van der Waals surface area contributed by atoms with Crippen LogP contribution in [0.3, 0.4) is 0 Å². The molecule has 1 aromatic heterocycles. The lowest BCUT2D eigenvalue weighted by Gasteiger charge is -2.36. The number of carboxylic acids is 1. The summed E-state index contributed by atoms with van der Waals surface area (Å²) in [6.45, 7) is 1.58. The molecule has 2 heterocycles. The summed E-state index contributed by atoms with van der Waals surface area (Å²) in [5.41, 5.74) is 7.25. The zero-order valence-electron chi connectivity index (χ0n) is 20.6. The molecular weight excluding hydrogens is 436 g/mol. The lowest BCUT2D eigenvalue weighted by molar-refractivity contribution is 0.0697. The molecular formula is C29H34N4O2. The smallest absolute Gasteiger partial charge is 0.337 e. The molecule has 1 atom stereocenters. The van der Waals surface area contributed by atoms with Crippen LogP contribution >= 0.6 is 0 Å². The molecule has 2 aromatic carbocycles. The highest BCUT2D eigenvalue weighted by Gasteiger charge is 2.26. The lowest BCUT2D eigenvalue weighted by atomic mass is 9.92. The van der Waals surface area contributed by atoms with Crippen molar-refractivity contribution in [1.82, 2.24) is 9.88 Å². The number of benzene rings is 2. The van der Waals surface area contributed by atoms with Crippen molar-refractivity contribution in [2.75, 3.05) is 37.4 Å². The number of likely N-dealkylation sites (N-methyl/N-ethyl adjacent to an activating group) is 1. The van der Waals surface area contributed by atoms with Gasteiger partial charge in [0.2, 0.25) is 0 Å². The number of fused-ring (bicyclic) bond motifs is 1. The number of nitrogens with one attached hydrogen (secondary N) is 1. The molecule has 1 unspecified atom stereocenters. The van der Waals surface area contributed by atoms with Gasteiger partial charge < -0.3 is 15.3 Å². The van der Waals surface area contributed by atoms with Crippen LogP contribution in [0.25, 0.3) is 0 Å². The van der Waals surface area contributed by atoms with Crippen molar-refractivity contribution in [3.63, 3.8) is 0 Å². The molecule has 0 bridgehead atoms. The number of rotatable bonds is 9. The maximum atomic E-state index is 11.6. The van der Waals surface area contributed by atoms with Crippen molar-refractivity contribution in [2.24, 2.45) is 5.92 Å². The number of carboxylic acid groups (broad SMARTS) is 1. The summed E-state index contributed by atoms with van der Waals surface area (Å²) < 4.78 is 0. The van der Waals surface area contributed by atoms with Gasteiger partial charge in [-0.3, -0.25) is 9.88 Å². The Morgan fingerprint density at radius 3 is 2.66 bits per heavy atom. The SMILES string of the molecule is CN(c1ccc(CCC2CC2)cc1)c1ccc2c(c1)CCN(C)C2CNc1cnccc1C(=O)O. The number of anilines is 3. The maximum absolute atomic E-state index is 11.6. The number of aromatic carboxylic acids is 1. The van der Waals surface area contributed by atoms with Gasteiger partial charge in [-0.05, 0) is 79.3 Å². The standard InChI is InChI=1S/C29H34N4O2/c1-32-16-14-22-17-24(33(2)23-9-7-21(8-10-23)6-5-20-3-4-20)11-12-25(22)28(32)19-31-27-18-30-15-13-26(27)29(34)35/h7-13,15,17-18,20,28,31H,3-6,14,16,19H2,1-2H3,(H,34,35). The second-order valence-corrected chi connectivity index (χ2v) is 9.94. The number of aromatic nitrogens is 1. The minimum atomic E-state index is -0.948. The molecule has 0 amide bonds. The molecule has 1 saturated carbocycles. The Balaban J connectivity index is 1.30. The third kappa shape index (κ3) is 5.33. The Morgan fingerprint density at radius 1 is 1.14 bits per heavy atom. The van der Waals surface area contributed by atoms with Crippen LogP contribution in [0.1, 0.15) is 52.4 Å². The first kappa shape index (κ1) is 23.4. The van der Waals surface area contributed by atoms with Crippen LogP contribution in [-0.2, 0) is 12.8 Å². The molecule has 0 radical (unpaired) electrons. The number of nitrogens with zero attached hydrogens (tertiary/aromatic N) is 3.